The molecule has 2 aromatic carbocycles. The normalized spacial score (nSPS) is 23.7. The highest BCUT2D eigenvalue weighted by Crippen LogP contribution is 2.46. The summed E-state index contributed by atoms with van der Waals surface area (Å²) in [6, 6.07) is 7.18. The maximum Gasteiger partial charge on any atom is 0.317 e. The van der Waals surface area contributed by atoms with E-state index in [1.807, 2.05) is 23.3 Å². The van der Waals surface area contributed by atoms with Crippen LogP contribution in [0.15, 0.2) is 55.1 Å². The zero-order valence-electron chi connectivity index (χ0n) is 33.9. The van der Waals surface area contributed by atoms with Gasteiger partial charge in [0, 0.05) is 62.6 Å². The third-order valence-electron chi connectivity index (χ3n) is 12.5. The van der Waals surface area contributed by atoms with Gasteiger partial charge in [-0.3, -0.25) is 4.79 Å². The monoisotopic (exact) mass is 847 g/mol. The molecule has 7 aromatic rings. The maximum atomic E-state index is 15.5. The van der Waals surface area contributed by atoms with Crippen LogP contribution in [0.2, 0.25) is 0 Å². The summed E-state index contributed by atoms with van der Waals surface area (Å²) in [7, 11) is 1.74. The summed E-state index contributed by atoms with van der Waals surface area (Å²) in [5.74, 6) is -0.799. The van der Waals surface area contributed by atoms with Crippen molar-refractivity contribution in [1.82, 2.24) is 64.4 Å². The first-order valence-corrected chi connectivity index (χ1v) is 20.6. The number of imidazole rings is 1. The Balaban J connectivity index is 1.03. The van der Waals surface area contributed by atoms with Crippen molar-refractivity contribution in [3.05, 3.63) is 78.4 Å². The van der Waals surface area contributed by atoms with Crippen LogP contribution < -0.4 is 14.5 Å². The Kier molecular flexibility index (Phi) is 9.05. The number of rotatable bonds is 6. The molecule has 0 N–H and O–H groups in total. The average Bonchev–Trinajstić information content (AvgIpc) is 4.07. The van der Waals surface area contributed by atoms with Crippen molar-refractivity contribution in [3.63, 3.8) is 0 Å². The number of ether oxygens (including phenoxy) is 2. The maximum absolute atomic E-state index is 15.5. The molecule has 0 radical (unpaired) electrons. The number of hydrogen-bond donors (Lipinski definition) is 0. The van der Waals surface area contributed by atoms with Crippen molar-refractivity contribution >= 4 is 39.7 Å². The molecule has 6 atom stereocenters. The van der Waals surface area contributed by atoms with E-state index in [1.165, 1.54) is 35.4 Å². The smallest absolute Gasteiger partial charge is 0.317 e. The number of aromatic nitrogens is 12. The minimum absolute atomic E-state index is 0.000381. The Morgan fingerprint density at radius 2 is 1.74 bits per heavy atom. The number of anilines is 2. The summed E-state index contributed by atoms with van der Waals surface area (Å²) in [4.78, 5) is 46.4. The van der Waals surface area contributed by atoms with Gasteiger partial charge >= 0.3 is 6.01 Å². The number of likely N-dealkylation sites (N-methyl/N-ethyl adjacent to an activating group) is 1. The fraction of sp³-hybridized carbons (Fsp3) is 0.415. The zero-order valence-corrected chi connectivity index (χ0v) is 33.9. The Morgan fingerprint density at radius 1 is 0.903 bits per heavy atom. The fourth-order valence-electron chi connectivity index (χ4n) is 9.82. The predicted octanol–water partition coefficient (Wildman–Crippen LogP) is 4.22. The minimum Gasteiger partial charge on any atom is -0.458 e. The van der Waals surface area contributed by atoms with Crippen molar-refractivity contribution < 1.29 is 27.4 Å². The van der Waals surface area contributed by atoms with E-state index in [2.05, 4.69) is 35.4 Å². The lowest BCUT2D eigenvalue weighted by molar-refractivity contribution is -0.133. The summed E-state index contributed by atoms with van der Waals surface area (Å²) in [5, 5.41) is 17.3. The van der Waals surface area contributed by atoms with Crippen LogP contribution in [0.25, 0.3) is 39.0 Å². The number of nitrogens with zero attached hydrogens (tertiary/aromatic N) is 15. The third-order valence-corrected chi connectivity index (χ3v) is 12.5. The molecule has 12 rings (SSSR count). The van der Waals surface area contributed by atoms with E-state index in [-0.39, 0.29) is 60.9 Å². The topological polar surface area (TPSA) is 176 Å². The van der Waals surface area contributed by atoms with Gasteiger partial charge in [0.15, 0.2) is 17.8 Å². The zero-order chi connectivity index (χ0) is 42.4. The first kappa shape index (κ1) is 38.2. The molecule has 5 aromatic heterocycles. The summed E-state index contributed by atoms with van der Waals surface area (Å²) in [6.45, 7) is 4.85. The van der Waals surface area contributed by atoms with Crippen LogP contribution in [0.5, 0.6) is 6.01 Å². The Morgan fingerprint density at radius 3 is 2.53 bits per heavy atom. The van der Waals surface area contributed by atoms with Gasteiger partial charge in [-0.15, -0.1) is 10.2 Å². The molecule has 4 fully saturated rings. The molecule has 3 saturated heterocycles. The number of piperidine rings is 1. The van der Waals surface area contributed by atoms with Crippen LogP contribution in [0.1, 0.15) is 44.5 Å². The molecule has 0 spiro atoms. The summed E-state index contributed by atoms with van der Waals surface area (Å²) in [6.07, 6.45) is 6.01. The molecule has 4 aliphatic heterocycles. The largest absolute Gasteiger partial charge is 0.458 e. The average molecular weight is 848 g/mol. The van der Waals surface area contributed by atoms with Gasteiger partial charge in [0.2, 0.25) is 11.9 Å². The number of carbonyl (C=O) groups excluding carboxylic acids is 1. The standard InChI is InChI=1S/C41H40F3N15O3/c1-4-61-28-17-54(3)39(60)35-15-27(62-41-45-8-7-32(50-41)29-9-23(43)11-33-36(29)55(19-28)21(2)49-33)18-56(35)37-30-16-47-58(34-6-5-22(42)10-31(34)44)38(30)52-40(51-37)57-24-12-25(57)14-26(13-24)59-48-20-46-53-59/h5-11,16,20,24-28,35H,4,12-15,17-19H2,1-3H3/t24-,25+,26?,27-,28-,35-/m0/s1. The highest BCUT2D eigenvalue weighted by Gasteiger charge is 2.49. The second-order valence-electron chi connectivity index (χ2n) is 16.3. The van der Waals surface area contributed by atoms with Crippen LogP contribution in [-0.2, 0) is 16.1 Å². The molecular formula is C41H40F3N15O3. The van der Waals surface area contributed by atoms with Crippen LogP contribution in [0.4, 0.5) is 24.9 Å². The number of aryl methyl sites for hydroxylation is 1. The highest BCUT2D eigenvalue weighted by atomic mass is 19.1. The number of carbonyl (C=O) groups is 1. The van der Waals surface area contributed by atoms with Gasteiger partial charge in [0.05, 0.1) is 53.5 Å². The molecule has 18 nitrogen and oxygen atoms in total. The molecule has 1 amide bonds. The van der Waals surface area contributed by atoms with E-state index >= 15 is 8.78 Å². The second kappa shape index (κ2) is 14.7. The third kappa shape index (κ3) is 6.35. The van der Waals surface area contributed by atoms with Crippen molar-refractivity contribution in [2.75, 3.05) is 36.5 Å². The predicted molar refractivity (Wildman–Crippen MR) is 216 cm³/mol. The number of fused-ring (bicyclic) bond motifs is 8. The van der Waals surface area contributed by atoms with E-state index in [0.717, 1.165) is 31.4 Å². The molecule has 1 saturated carbocycles. The van der Waals surface area contributed by atoms with E-state index in [4.69, 9.17) is 24.4 Å². The van der Waals surface area contributed by atoms with Crippen molar-refractivity contribution in [1.29, 1.82) is 0 Å². The summed E-state index contributed by atoms with van der Waals surface area (Å²) >= 11 is 0. The Bertz CT molecular complexity index is 2860. The number of benzene rings is 2. The number of halogens is 3. The number of hydrogen-bond acceptors (Lipinski definition) is 14. The Labute approximate surface area is 351 Å². The van der Waals surface area contributed by atoms with Crippen LogP contribution >= 0.6 is 0 Å². The fourth-order valence-corrected chi connectivity index (χ4v) is 9.82. The summed E-state index contributed by atoms with van der Waals surface area (Å²) < 4.78 is 60.9. The molecule has 6 bridgehead atoms. The highest BCUT2D eigenvalue weighted by molar-refractivity contribution is 5.94. The van der Waals surface area contributed by atoms with Gasteiger partial charge < -0.3 is 28.7 Å². The van der Waals surface area contributed by atoms with E-state index < -0.39 is 35.7 Å². The molecule has 1 aliphatic carbocycles. The Hall–Kier alpha value is -6.77. The molecule has 318 valence electrons. The van der Waals surface area contributed by atoms with Crippen molar-refractivity contribution in [3.8, 4) is 23.0 Å². The number of tetrazole rings is 1. The quantitative estimate of drug-likeness (QED) is 0.233. The molecule has 9 heterocycles. The molecule has 62 heavy (non-hydrogen) atoms. The minimum atomic E-state index is -0.818. The SMILES string of the molecule is CCO[C@H]1CN(C)C(=O)[C@@H]2C[C@@H](CN2c2nc(N3[C@@H]4CC(n5ncnn5)C[C@H]3C4)nc3c2cnn3-c2ccc(F)cc2F)Oc2nccc(n2)-c2cc(F)cc3nc(C)n(c23)C1. The lowest BCUT2D eigenvalue weighted by atomic mass is 9.77. The van der Waals surface area contributed by atoms with Gasteiger partial charge in [0.1, 0.15) is 41.1 Å². The summed E-state index contributed by atoms with van der Waals surface area (Å²) in [5.41, 5.74) is 2.37. The van der Waals surface area contributed by atoms with Gasteiger partial charge in [-0.25, -0.2) is 27.8 Å². The lowest BCUT2D eigenvalue weighted by Gasteiger charge is -2.54. The van der Waals surface area contributed by atoms with Crippen LogP contribution in [-0.4, -0.2) is 127 Å². The molecular weight excluding hydrogens is 808 g/mol. The molecule has 21 heteroatoms. The lowest BCUT2D eigenvalue weighted by Crippen LogP contribution is -2.62. The van der Waals surface area contributed by atoms with E-state index in [0.29, 0.717) is 58.4 Å². The van der Waals surface area contributed by atoms with Gasteiger partial charge in [0.25, 0.3) is 0 Å². The molecule has 5 aliphatic rings. The molecule has 1 unspecified atom stereocenters. The van der Waals surface area contributed by atoms with E-state index in [1.54, 1.807) is 29.0 Å². The van der Waals surface area contributed by atoms with Gasteiger partial charge in [-0.1, -0.05) is 0 Å². The van der Waals surface area contributed by atoms with Crippen molar-refractivity contribution in [2.24, 2.45) is 0 Å². The second-order valence-corrected chi connectivity index (χ2v) is 16.3. The van der Waals surface area contributed by atoms with E-state index in [9.17, 15) is 9.18 Å². The first-order valence-electron chi connectivity index (χ1n) is 20.6. The van der Waals surface area contributed by atoms with Crippen molar-refractivity contribution in [2.45, 2.75) is 82.5 Å². The van der Waals surface area contributed by atoms with Gasteiger partial charge in [-0.2, -0.15) is 24.8 Å². The van der Waals surface area contributed by atoms with Gasteiger partial charge in [-0.05, 0) is 62.6 Å². The van der Waals surface area contributed by atoms with Crippen LogP contribution in [0.3, 0.4) is 0 Å². The van der Waals surface area contributed by atoms with Crippen LogP contribution in [0, 0.1) is 24.4 Å². The number of amides is 1. The first-order chi connectivity index (χ1) is 30.1.